The van der Waals surface area contributed by atoms with Crippen LogP contribution in [0.2, 0.25) is 5.02 Å². The molecular formula is C15H10ClNO4S. The molecule has 2 aromatic carbocycles. The third kappa shape index (κ3) is 2.36. The highest BCUT2D eigenvalue weighted by atomic mass is 35.5. The number of rotatable bonds is 2. The number of nitrogens with one attached hydrogen (secondary N) is 1. The van der Waals surface area contributed by atoms with Crippen molar-refractivity contribution in [2.75, 3.05) is 4.72 Å². The van der Waals surface area contributed by atoms with Crippen molar-refractivity contribution in [2.24, 2.45) is 0 Å². The molecule has 0 aliphatic carbocycles. The Morgan fingerprint density at radius 3 is 2.41 bits per heavy atom. The average Bonchev–Trinajstić information content (AvgIpc) is 2.46. The van der Waals surface area contributed by atoms with E-state index < -0.39 is 20.9 Å². The van der Waals surface area contributed by atoms with Gasteiger partial charge < -0.3 is 5.11 Å². The van der Waals surface area contributed by atoms with Crippen molar-refractivity contribution in [2.45, 2.75) is 0 Å². The van der Waals surface area contributed by atoms with Gasteiger partial charge in [0.15, 0.2) is 4.91 Å². The third-order valence-electron chi connectivity index (χ3n) is 3.25. The Balaban J connectivity index is 2.45. The zero-order valence-electron chi connectivity index (χ0n) is 11.1. The van der Waals surface area contributed by atoms with Crippen LogP contribution in [0, 0.1) is 0 Å². The molecule has 3 rings (SSSR count). The summed E-state index contributed by atoms with van der Waals surface area (Å²) < 4.78 is 26.8. The Bertz CT molecular complexity index is 904. The Labute approximate surface area is 131 Å². The normalized spacial score (nSPS) is 15.9. The molecule has 2 N–H and O–H groups in total. The predicted octanol–water partition coefficient (Wildman–Crippen LogP) is 2.94. The Morgan fingerprint density at radius 2 is 1.77 bits per heavy atom. The van der Waals surface area contributed by atoms with Gasteiger partial charge >= 0.3 is 5.97 Å². The number of anilines is 1. The SMILES string of the molecule is O=C(O)C1=C(c2ccccc2)c2cc(Cl)ccc2NS1(=O)=O. The van der Waals surface area contributed by atoms with E-state index in [1.807, 2.05) is 0 Å². The van der Waals surface area contributed by atoms with E-state index in [0.717, 1.165) is 0 Å². The van der Waals surface area contributed by atoms with Crippen molar-refractivity contribution in [1.29, 1.82) is 0 Å². The van der Waals surface area contributed by atoms with Crippen molar-refractivity contribution in [3.63, 3.8) is 0 Å². The lowest BCUT2D eigenvalue weighted by molar-refractivity contribution is -0.131. The van der Waals surface area contributed by atoms with Gasteiger partial charge in [-0.25, -0.2) is 13.2 Å². The maximum Gasteiger partial charge on any atom is 0.349 e. The molecule has 0 bridgehead atoms. The summed E-state index contributed by atoms with van der Waals surface area (Å²) >= 11 is 5.98. The lowest BCUT2D eigenvalue weighted by Crippen LogP contribution is -2.26. The molecule has 0 aromatic heterocycles. The van der Waals surface area contributed by atoms with Crippen LogP contribution in [0.15, 0.2) is 53.4 Å². The second-order valence-electron chi connectivity index (χ2n) is 4.67. The molecule has 0 radical (unpaired) electrons. The molecule has 0 saturated heterocycles. The Morgan fingerprint density at radius 1 is 1.09 bits per heavy atom. The maximum atomic E-state index is 12.3. The number of hydrogen-bond donors (Lipinski definition) is 2. The van der Waals surface area contributed by atoms with Gasteiger partial charge in [-0.3, -0.25) is 4.72 Å². The van der Waals surface area contributed by atoms with Gasteiger partial charge in [0, 0.05) is 16.2 Å². The van der Waals surface area contributed by atoms with Crippen molar-refractivity contribution >= 4 is 38.9 Å². The fraction of sp³-hybridized carbons (Fsp3) is 0. The van der Waals surface area contributed by atoms with Crippen LogP contribution in [0.5, 0.6) is 0 Å². The quantitative estimate of drug-likeness (QED) is 0.883. The number of fused-ring (bicyclic) bond motifs is 1. The molecule has 2 aromatic rings. The summed E-state index contributed by atoms with van der Waals surface area (Å²) in [4.78, 5) is 10.9. The second-order valence-corrected chi connectivity index (χ2v) is 6.73. The van der Waals surface area contributed by atoms with E-state index in [-0.39, 0.29) is 5.57 Å². The highest BCUT2D eigenvalue weighted by Gasteiger charge is 2.35. The first kappa shape index (κ1) is 14.6. The topological polar surface area (TPSA) is 83.5 Å². The third-order valence-corrected chi connectivity index (χ3v) is 4.89. The summed E-state index contributed by atoms with van der Waals surface area (Å²) in [6.07, 6.45) is 0. The number of carboxylic acid groups (broad SMARTS) is 1. The van der Waals surface area contributed by atoms with E-state index in [2.05, 4.69) is 4.72 Å². The molecular weight excluding hydrogens is 326 g/mol. The van der Waals surface area contributed by atoms with Gasteiger partial charge in [-0.15, -0.1) is 0 Å². The van der Waals surface area contributed by atoms with Crippen LogP contribution >= 0.6 is 11.6 Å². The van der Waals surface area contributed by atoms with Crippen LogP contribution in [0.3, 0.4) is 0 Å². The monoisotopic (exact) mass is 335 g/mol. The zero-order chi connectivity index (χ0) is 15.9. The minimum Gasteiger partial charge on any atom is -0.477 e. The first-order chi connectivity index (χ1) is 10.4. The maximum absolute atomic E-state index is 12.3. The largest absolute Gasteiger partial charge is 0.477 e. The van der Waals surface area contributed by atoms with Crippen LogP contribution in [0.25, 0.3) is 5.57 Å². The first-order valence-corrected chi connectivity index (χ1v) is 8.12. The highest BCUT2D eigenvalue weighted by Crippen LogP contribution is 2.40. The Kier molecular flexibility index (Phi) is 3.42. The number of carboxylic acids is 1. The van der Waals surface area contributed by atoms with Crippen LogP contribution in [0.1, 0.15) is 11.1 Å². The van der Waals surface area contributed by atoms with Gasteiger partial charge in [0.25, 0.3) is 10.0 Å². The van der Waals surface area contributed by atoms with E-state index in [0.29, 0.717) is 21.8 Å². The van der Waals surface area contributed by atoms with E-state index >= 15 is 0 Å². The summed E-state index contributed by atoms with van der Waals surface area (Å²) in [6, 6.07) is 13.1. The lowest BCUT2D eigenvalue weighted by atomic mass is 9.96. The van der Waals surface area contributed by atoms with E-state index in [4.69, 9.17) is 11.6 Å². The summed E-state index contributed by atoms with van der Waals surface area (Å²) in [5.74, 6) is -1.52. The molecule has 1 aliphatic heterocycles. The molecule has 0 amide bonds. The molecule has 0 fully saturated rings. The molecule has 5 nitrogen and oxygen atoms in total. The molecule has 112 valence electrons. The van der Waals surface area contributed by atoms with Crippen molar-refractivity contribution in [1.82, 2.24) is 0 Å². The predicted molar refractivity (Wildman–Crippen MR) is 84.1 cm³/mol. The smallest absolute Gasteiger partial charge is 0.349 e. The number of aliphatic carboxylic acids is 1. The molecule has 0 unspecified atom stereocenters. The zero-order valence-corrected chi connectivity index (χ0v) is 12.6. The van der Waals surface area contributed by atoms with Crippen LogP contribution in [0.4, 0.5) is 5.69 Å². The number of halogens is 1. The van der Waals surface area contributed by atoms with E-state index in [1.54, 1.807) is 36.4 Å². The van der Waals surface area contributed by atoms with Crippen LogP contribution in [-0.2, 0) is 14.8 Å². The van der Waals surface area contributed by atoms with Crippen LogP contribution in [-0.4, -0.2) is 19.5 Å². The van der Waals surface area contributed by atoms with Crippen molar-refractivity contribution in [3.05, 3.63) is 69.6 Å². The Hall–Kier alpha value is -2.31. The summed E-state index contributed by atoms with van der Waals surface area (Å²) in [5.41, 5.74) is 1.36. The van der Waals surface area contributed by atoms with E-state index in [9.17, 15) is 18.3 Å². The number of carbonyl (C=O) groups is 1. The van der Waals surface area contributed by atoms with E-state index in [1.165, 1.54) is 12.1 Å². The van der Waals surface area contributed by atoms with Crippen molar-refractivity contribution in [3.8, 4) is 0 Å². The van der Waals surface area contributed by atoms with Crippen LogP contribution < -0.4 is 4.72 Å². The van der Waals surface area contributed by atoms with Gasteiger partial charge in [-0.05, 0) is 23.8 Å². The second kappa shape index (κ2) is 5.15. The highest BCUT2D eigenvalue weighted by molar-refractivity contribution is 7.97. The summed E-state index contributed by atoms with van der Waals surface area (Å²) in [5, 5.41) is 9.78. The average molecular weight is 336 g/mol. The molecule has 22 heavy (non-hydrogen) atoms. The standard InChI is InChI=1S/C15H10ClNO4S/c16-10-6-7-12-11(8-10)13(9-4-2-1-3-5-9)14(15(18)19)22(20,21)17-12/h1-8,17H,(H,18,19). The molecule has 0 saturated carbocycles. The summed E-state index contributed by atoms with van der Waals surface area (Å²) in [6.45, 7) is 0. The van der Waals surface area contributed by atoms with Gasteiger partial charge in [-0.1, -0.05) is 41.9 Å². The lowest BCUT2D eigenvalue weighted by Gasteiger charge is -2.23. The minimum atomic E-state index is -4.16. The van der Waals surface area contributed by atoms with Gasteiger partial charge in [-0.2, -0.15) is 0 Å². The molecule has 7 heteroatoms. The van der Waals surface area contributed by atoms with Gasteiger partial charge in [0.2, 0.25) is 0 Å². The minimum absolute atomic E-state index is 0.129. The number of sulfonamides is 1. The van der Waals surface area contributed by atoms with Gasteiger partial charge in [0.05, 0.1) is 5.69 Å². The molecule has 1 heterocycles. The molecule has 0 spiro atoms. The molecule has 1 aliphatic rings. The van der Waals surface area contributed by atoms with Crippen molar-refractivity contribution < 1.29 is 18.3 Å². The fourth-order valence-electron chi connectivity index (χ4n) is 2.38. The summed E-state index contributed by atoms with van der Waals surface area (Å²) in [7, 11) is -4.16. The number of benzene rings is 2. The van der Waals surface area contributed by atoms with Gasteiger partial charge in [0.1, 0.15) is 0 Å². The molecule has 0 atom stereocenters. The number of hydrogen-bond acceptors (Lipinski definition) is 3. The first-order valence-electron chi connectivity index (χ1n) is 6.26. The fourth-order valence-corrected chi connectivity index (χ4v) is 3.85.